The topological polar surface area (TPSA) is 56.1 Å². The first kappa shape index (κ1) is 14.8. The van der Waals surface area contributed by atoms with Crippen LogP contribution < -0.4 is 10.3 Å². The number of nitrogens with one attached hydrogen (secondary N) is 2. The Morgan fingerprint density at radius 2 is 2.30 bits per heavy atom. The van der Waals surface area contributed by atoms with Crippen LogP contribution in [-0.4, -0.2) is 16.1 Å². The molecule has 2 heterocycles. The smallest absolute Gasteiger partial charge is 0.239 e. The van der Waals surface area contributed by atoms with Gasteiger partial charge in [-0.25, -0.2) is 9.97 Å². The van der Waals surface area contributed by atoms with Gasteiger partial charge in [-0.1, -0.05) is 18.5 Å². The van der Waals surface area contributed by atoms with Crippen LogP contribution in [-0.2, 0) is 4.79 Å². The van der Waals surface area contributed by atoms with Crippen molar-refractivity contribution in [1.82, 2.24) is 4.98 Å². The molecule has 2 aromatic rings. The first-order valence-electron chi connectivity index (χ1n) is 6.25. The lowest BCUT2D eigenvalue weighted by atomic mass is 10.3. The van der Waals surface area contributed by atoms with Crippen LogP contribution in [0.2, 0.25) is 5.02 Å². The van der Waals surface area contributed by atoms with Gasteiger partial charge in [0.2, 0.25) is 10.9 Å². The van der Waals surface area contributed by atoms with Gasteiger partial charge in [-0.15, -0.1) is 0 Å². The van der Waals surface area contributed by atoms with Gasteiger partial charge in [-0.3, -0.25) is 4.79 Å². The molecule has 0 spiro atoms. The Bertz CT molecular complexity index is 562. The van der Waals surface area contributed by atoms with Crippen LogP contribution in [0.3, 0.4) is 0 Å². The minimum Gasteiger partial charge on any atom is -0.310 e. The lowest BCUT2D eigenvalue weighted by molar-refractivity contribution is -0.426. The zero-order valence-corrected chi connectivity index (χ0v) is 12.5. The highest BCUT2D eigenvalue weighted by atomic mass is 35.5. The van der Waals surface area contributed by atoms with Gasteiger partial charge >= 0.3 is 0 Å². The van der Waals surface area contributed by atoms with Crippen LogP contribution in [0.15, 0.2) is 47.8 Å². The Labute approximate surface area is 127 Å². The molecule has 2 rings (SSSR count). The van der Waals surface area contributed by atoms with Crippen molar-refractivity contribution < 1.29 is 9.78 Å². The van der Waals surface area contributed by atoms with Crippen LogP contribution in [0.25, 0.3) is 0 Å². The van der Waals surface area contributed by atoms with E-state index in [0.29, 0.717) is 10.8 Å². The highest BCUT2D eigenvalue weighted by Gasteiger charge is 2.20. The molecule has 2 aromatic heterocycles. The van der Waals surface area contributed by atoms with Gasteiger partial charge in [0, 0.05) is 18.3 Å². The van der Waals surface area contributed by atoms with E-state index in [2.05, 4.69) is 15.3 Å². The Kier molecular flexibility index (Phi) is 5.38. The maximum absolute atomic E-state index is 12.2. The predicted molar refractivity (Wildman–Crippen MR) is 80.8 cm³/mol. The molecule has 0 radical (unpaired) electrons. The molecule has 0 saturated carbocycles. The van der Waals surface area contributed by atoms with Crippen molar-refractivity contribution in [1.29, 1.82) is 0 Å². The summed E-state index contributed by atoms with van der Waals surface area (Å²) in [7, 11) is 0. The number of hydrogen-bond acceptors (Lipinski definition) is 3. The van der Waals surface area contributed by atoms with Gasteiger partial charge < -0.3 is 5.32 Å². The van der Waals surface area contributed by atoms with E-state index in [0.717, 1.165) is 11.4 Å². The Balaban J connectivity index is 2.00. The van der Waals surface area contributed by atoms with E-state index in [4.69, 9.17) is 11.6 Å². The number of rotatable bonds is 5. The van der Waals surface area contributed by atoms with Crippen LogP contribution in [0.5, 0.6) is 0 Å². The molecule has 1 atom stereocenters. The number of aromatic nitrogens is 2. The number of thioether (sulfide) groups is 1. The Morgan fingerprint density at radius 1 is 1.45 bits per heavy atom. The predicted octanol–water partition coefficient (Wildman–Crippen LogP) is 3.06. The van der Waals surface area contributed by atoms with Gasteiger partial charge in [0.1, 0.15) is 5.82 Å². The summed E-state index contributed by atoms with van der Waals surface area (Å²) in [4.78, 5) is 19.4. The van der Waals surface area contributed by atoms with Crippen molar-refractivity contribution in [2.24, 2.45) is 0 Å². The lowest BCUT2D eigenvalue weighted by Crippen LogP contribution is -2.26. The number of carbonyl (C=O) groups excluding carboxylic acids is 1. The quantitative estimate of drug-likeness (QED) is 0.864. The molecular weight excluding hydrogens is 294 g/mol. The molecular formula is C14H15ClN3OS+. The molecule has 0 aliphatic heterocycles. The molecule has 2 N–H and O–H groups in total. The summed E-state index contributed by atoms with van der Waals surface area (Å²) in [6.07, 6.45) is 4.08. The zero-order chi connectivity index (χ0) is 14.4. The third-order valence-electron chi connectivity index (χ3n) is 2.59. The fraction of sp³-hybridized carbons (Fsp3) is 0.214. The summed E-state index contributed by atoms with van der Waals surface area (Å²) in [5.41, 5.74) is 0. The second kappa shape index (κ2) is 7.26. The molecule has 6 heteroatoms. The van der Waals surface area contributed by atoms with E-state index >= 15 is 0 Å². The summed E-state index contributed by atoms with van der Waals surface area (Å²) < 4.78 is 0. The number of H-pyrrole nitrogens is 1. The van der Waals surface area contributed by atoms with E-state index in [-0.39, 0.29) is 11.2 Å². The number of nitrogens with zero attached hydrogens (tertiary/aromatic N) is 1. The van der Waals surface area contributed by atoms with Crippen molar-refractivity contribution in [3.05, 3.63) is 47.7 Å². The van der Waals surface area contributed by atoms with Gasteiger partial charge in [0.15, 0.2) is 6.20 Å². The van der Waals surface area contributed by atoms with Crippen molar-refractivity contribution >= 4 is 35.1 Å². The lowest BCUT2D eigenvalue weighted by Gasteiger charge is -2.11. The van der Waals surface area contributed by atoms with Gasteiger partial charge in [0.25, 0.3) is 0 Å². The Morgan fingerprint density at radius 3 is 2.90 bits per heavy atom. The second-order valence-corrected chi connectivity index (χ2v) is 5.77. The minimum atomic E-state index is -0.175. The van der Waals surface area contributed by atoms with E-state index < -0.39 is 0 Å². The van der Waals surface area contributed by atoms with Crippen LogP contribution in [0, 0.1) is 0 Å². The number of anilines is 1. The molecule has 1 amide bonds. The minimum absolute atomic E-state index is 0.0652. The number of halogens is 1. The molecule has 0 fully saturated rings. The maximum Gasteiger partial charge on any atom is 0.239 e. The second-order valence-electron chi connectivity index (χ2n) is 4.09. The highest BCUT2D eigenvalue weighted by Crippen LogP contribution is 2.22. The number of carbonyl (C=O) groups is 1. The third kappa shape index (κ3) is 4.21. The van der Waals surface area contributed by atoms with Crippen LogP contribution in [0.1, 0.15) is 13.3 Å². The first-order valence-corrected chi connectivity index (χ1v) is 7.50. The summed E-state index contributed by atoms with van der Waals surface area (Å²) in [5, 5.41) is 4.12. The summed E-state index contributed by atoms with van der Waals surface area (Å²) in [6.45, 7) is 1.98. The van der Waals surface area contributed by atoms with Crippen molar-refractivity contribution in [2.75, 3.05) is 5.32 Å². The first-order chi connectivity index (χ1) is 9.69. The van der Waals surface area contributed by atoms with E-state index in [1.807, 2.05) is 31.3 Å². The fourth-order valence-corrected chi connectivity index (χ4v) is 2.63. The molecule has 0 saturated heterocycles. The fourth-order valence-electron chi connectivity index (χ4n) is 1.58. The normalized spacial score (nSPS) is 11.9. The van der Waals surface area contributed by atoms with E-state index in [9.17, 15) is 4.79 Å². The van der Waals surface area contributed by atoms with Crippen molar-refractivity contribution in [2.45, 2.75) is 23.6 Å². The standard InChI is InChI=1S/C14H14ClN3OS/c1-2-11(20-13-5-3-4-8-16-13)14(19)18-12-7-6-10(15)9-17-12/h3-9,11H,2H2,1H3,(H,17,18,19)/p+1. The largest absolute Gasteiger partial charge is 0.310 e. The summed E-state index contributed by atoms with van der Waals surface area (Å²) >= 11 is 7.26. The molecule has 104 valence electrons. The molecule has 0 aliphatic rings. The number of aromatic amines is 1. The summed E-state index contributed by atoms with van der Waals surface area (Å²) in [5.74, 6) is 0.445. The average Bonchev–Trinajstić information content (AvgIpc) is 2.48. The maximum atomic E-state index is 12.2. The van der Waals surface area contributed by atoms with E-state index in [1.165, 1.54) is 18.0 Å². The zero-order valence-electron chi connectivity index (χ0n) is 11.0. The van der Waals surface area contributed by atoms with E-state index in [1.54, 1.807) is 12.1 Å². The van der Waals surface area contributed by atoms with Crippen molar-refractivity contribution in [3.8, 4) is 0 Å². The molecule has 0 aliphatic carbocycles. The van der Waals surface area contributed by atoms with Gasteiger partial charge in [-0.05, 0) is 36.4 Å². The number of amides is 1. The van der Waals surface area contributed by atoms with Gasteiger partial charge in [-0.2, -0.15) is 0 Å². The Hall–Kier alpha value is -1.59. The number of pyridine rings is 2. The third-order valence-corrected chi connectivity index (χ3v) is 4.16. The van der Waals surface area contributed by atoms with Crippen molar-refractivity contribution in [3.63, 3.8) is 0 Å². The average molecular weight is 309 g/mol. The number of hydrogen-bond donors (Lipinski definition) is 1. The van der Waals surface area contributed by atoms with Gasteiger partial charge in [0.05, 0.1) is 10.3 Å². The van der Waals surface area contributed by atoms with Crippen LogP contribution in [0.4, 0.5) is 5.82 Å². The molecule has 20 heavy (non-hydrogen) atoms. The molecule has 0 bridgehead atoms. The summed E-state index contributed by atoms with van der Waals surface area (Å²) in [6, 6.07) is 9.17. The van der Waals surface area contributed by atoms with Crippen LogP contribution >= 0.6 is 23.4 Å². The molecule has 4 nitrogen and oxygen atoms in total. The molecule has 1 unspecified atom stereocenters. The molecule has 0 aromatic carbocycles. The SMILES string of the molecule is CCC(Sc1cccc[nH+]1)C(=O)Nc1ccc(Cl)cn1. The monoisotopic (exact) mass is 308 g/mol. The highest BCUT2D eigenvalue weighted by molar-refractivity contribution is 8.00.